The van der Waals surface area contributed by atoms with Gasteiger partial charge in [0.2, 0.25) is 0 Å². The van der Waals surface area contributed by atoms with Gasteiger partial charge in [0.25, 0.3) is 0 Å². The molecule has 8 rings (SSSR count). The van der Waals surface area contributed by atoms with E-state index >= 15 is 0 Å². The van der Waals surface area contributed by atoms with Gasteiger partial charge >= 0.3 is 0 Å². The van der Waals surface area contributed by atoms with Crippen molar-refractivity contribution in [2.24, 2.45) is 0 Å². The number of hydrogen-bond donors (Lipinski definition) is 0. The van der Waals surface area contributed by atoms with Gasteiger partial charge in [-0.2, -0.15) is 0 Å². The minimum absolute atomic E-state index is 0.0198. The maximum atomic E-state index is 2.69. The van der Waals surface area contributed by atoms with E-state index in [1.54, 1.807) is 0 Å². The van der Waals surface area contributed by atoms with E-state index in [-0.39, 0.29) is 27.1 Å². The zero-order valence-corrected chi connectivity index (χ0v) is 34.6. The lowest BCUT2D eigenvalue weighted by atomic mass is 9.62. The Kier molecular flexibility index (Phi) is 8.10. The average molecular weight is 700 g/mol. The summed E-state index contributed by atoms with van der Waals surface area (Å²) in [6.07, 6.45) is 4.77. The molecule has 5 aromatic rings. The van der Waals surface area contributed by atoms with Gasteiger partial charge in [-0.15, -0.1) is 0 Å². The van der Waals surface area contributed by atoms with Gasteiger partial charge < -0.3 is 4.90 Å². The van der Waals surface area contributed by atoms with Crippen LogP contribution in [0.15, 0.2) is 97.1 Å². The summed E-state index contributed by atoms with van der Waals surface area (Å²) in [6.45, 7) is 29.3. The van der Waals surface area contributed by atoms with Crippen LogP contribution in [0.25, 0.3) is 22.3 Å². The molecule has 53 heavy (non-hydrogen) atoms. The Morgan fingerprint density at radius 1 is 0.472 bits per heavy atom. The van der Waals surface area contributed by atoms with Crippen molar-refractivity contribution in [1.29, 1.82) is 0 Å². The van der Waals surface area contributed by atoms with Crippen LogP contribution in [0.3, 0.4) is 0 Å². The second-order valence-electron chi connectivity index (χ2n) is 20.1. The fourth-order valence-corrected chi connectivity index (χ4v) is 10.3. The molecule has 0 saturated heterocycles. The van der Waals surface area contributed by atoms with Crippen LogP contribution in [0, 0.1) is 0 Å². The van der Waals surface area contributed by atoms with Crippen molar-refractivity contribution in [2.45, 2.75) is 142 Å². The highest BCUT2D eigenvalue weighted by Gasteiger charge is 2.43. The Morgan fingerprint density at radius 3 is 1.74 bits per heavy atom. The predicted octanol–water partition coefficient (Wildman–Crippen LogP) is 15.0. The van der Waals surface area contributed by atoms with Crippen LogP contribution in [0.5, 0.6) is 0 Å². The Morgan fingerprint density at radius 2 is 1.06 bits per heavy atom. The van der Waals surface area contributed by atoms with Gasteiger partial charge in [-0.1, -0.05) is 156 Å². The molecule has 0 bridgehead atoms. The molecule has 0 heterocycles. The molecule has 0 fully saturated rings. The average Bonchev–Trinajstić information content (AvgIpc) is 3.34. The van der Waals surface area contributed by atoms with E-state index in [2.05, 4.69) is 185 Å². The predicted molar refractivity (Wildman–Crippen MR) is 229 cm³/mol. The number of rotatable bonds is 5. The lowest BCUT2D eigenvalue weighted by molar-refractivity contribution is 0.332. The van der Waals surface area contributed by atoms with Gasteiger partial charge in [-0.3, -0.25) is 0 Å². The quantitative estimate of drug-likeness (QED) is 0.176. The molecule has 3 aliphatic rings. The SMILES string of the molecule is CC(C)c1ccc2c(c1N(c1ccccc1)c1cc3c(cc1-c1ccc4c(c1)C(C)(C)CCC4(C)C)-c1ccccc1C3(C)C)C(C)(C)CCC2(C)C. The van der Waals surface area contributed by atoms with Gasteiger partial charge in [0.15, 0.2) is 0 Å². The fraction of sp³-hybridized carbons (Fsp3) is 0.423. The topological polar surface area (TPSA) is 3.24 Å². The number of nitrogens with zero attached hydrogens (tertiary/aromatic N) is 1. The van der Waals surface area contributed by atoms with Crippen molar-refractivity contribution >= 4 is 17.1 Å². The molecule has 0 unspecified atom stereocenters. The number of fused-ring (bicyclic) bond motifs is 5. The van der Waals surface area contributed by atoms with Crippen LogP contribution in [-0.2, 0) is 27.1 Å². The summed E-state index contributed by atoms with van der Waals surface area (Å²) < 4.78 is 0. The molecular formula is C52H61N. The van der Waals surface area contributed by atoms with Gasteiger partial charge in [-0.05, 0) is 133 Å². The van der Waals surface area contributed by atoms with Crippen molar-refractivity contribution in [2.75, 3.05) is 4.90 Å². The highest BCUT2D eigenvalue weighted by molar-refractivity contribution is 5.96. The van der Waals surface area contributed by atoms with E-state index < -0.39 is 0 Å². The molecule has 274 valence electrons. The molecule has 0 aliphatic heterocycles. The normalized spacial score (nSPS) is 19.6. The van der Waals surface area contributed by atoms with Crippen LogP contribution >= 0.6 is 0 Å². The third-order valence-electron chi connectivity index (χ3n) is 14.0. The molecule has 0 saturated carbocycles. The summed E-state index contributed by atoms with van der Waals surface area (Å²) in [4.78, 5) is 2.69. The molecule has 0 radical (unpaired) electrons. The van der Waals surface area contributed by atoms with Crippen molar-refractivity contribution in [3.63, 3.8) is 0 Å². The largest absolute Gasteiger partial charge is 0.309 e. The second-order valence-corrected chi connectivity index (χ2v) is 20.1. The van der Waals surface area contributed by atoms with Crippen molar-refractivity contribution in [3.8, 4) is 22.3 Å². The second kappa shape index (κ2) is 11.9. The Balaban J connectivity index is 1.52. The first-order chi connectivity index (χ1) is 24.8. The molecule has 0 N–H and O–H groups in total. The smallest absolute Gasteiger partial charge is 0.0543 e. The lowest BCUT2D eigenvalue weighted by Gasteiger charge is -2.46. The third-order valence-corrected chi connectivity index (χ3v) is 14.0. The highest BCUT2D eigenvalue weighted by Crippen LogP contribution is 2.58. The van der Waals surface area contributed by atoms with Gasteiger partial charge in [0.1, 0.15) is 0 Å². The zero-order valence-electron chi connectivity index (χ0n) is 34.6. The van der Waals surface area contributed by atoms with Crippen LogP contribution in [0.4, 0.5) is 17.1 Å². The maximum Gasteiger partial charge on any atom is 0.0543 e. The molecule has 3 aliphatic carbocycles. The van der Waals surface area contributed by atoms with Crippen molar-refractivity contribution < 1.29 is 0 Å². The summed E-state index contributed by atoms with van der Waals surface area (Å²) in [5.41, 5.74) is 19.8. The Labute approximate surface area is 320 Å². The summed E-state index contributed by atoms with van der Waals surface area (Å²) in [6, 6.07) is 38.0. The highest BCUT2D eigenvalue weighted by atomic mass is 15.2. The molecule has 0 spiro atoms. The number of benzene rings is 5. The first kappa shape index (κ1) is 35.9. The number of para-hydroxylation sites is 1. The van der Waals surface area contributed by atoms with Crippen molar-refractivity contribution in [3.05, 3.63) is 136 Å². The van der Waals surface area contributed by atoms with Gasteiger partial charge in [0, 0.05) is 16.7 Å². The third kappa shape index (κ3) is 5.55. The minimum Gasteiger partial charge on any atom is -0.309 e. The monoisotopic (exact) mass is 699 g/mol. The molecule has 0 atom stereocenters. The van der Waals surface area contributed by atoms with Gasteiger partial charge in [-0.25, -0.2) is 0 Å². The minimum atomic E-state index is -0.123. The number of anilines is 3. The first-order valence-electron chi connectivity index (χ1n) is 20.3. The standard InChI is InChI=1S/C52H61N/c1-33(2)36-23-25-42-46(51(9,10)29-28-49(42,5)6)47(36)53(35-18-14-13-15-19-35)45-32-43-39(37-20-16-17-21-40(37)52(43,11)12)31-38(45)34-22-24-41-44(30-34)50(7,8)27-26-48(41,3)4/h13-25,30-33H,26-29H2,1-12H3. The summed E-state index contributed by atoms with van der Waals surface area (Å²) in [5, 5.41) is 0. The maximum absolute atomic E-state index is 2.69. The molecule has 0 aromatic heterocycles. The first-order valence-corrected chi connectivity index (χ1v) is 20.3. The van der Waals surface area contributed by atoms with E-state index in [0.717, 1.165) is 0 Å². The molecule has 1 heteroatoms. The Bertz CT molecular complexity index is 2240. The van der Waals surface area contributed by atoms with Gasteiger partial charge in [0.05, 0.1) is 11.4 Å². The van der Waals surface area contributed by atoms with Crippen LogP contribution in [0.1, 0.15) is 154 Å². The molecule has 0 amide bonds. The van der Waals surface area contributed by atoms with Crippen LogP contribution in [0.2, 0.25) is 0 Å². The summed E-state index contributed by atoms with van der Waals surface area (Å²) in [5.74, 6) is 0.354. The molecule has 5 aromatic carbocycles. The van der Waals surface area contributed by atoms with E-state index in [1.807, 2.05) is 0 Å². The number of hydrogen-bond acceptors (Lipinski definition) is 1. The fourth-order valence-electron chi connectivity index (χ4n) is 10.3. The lowest BCUT2D eigenvalue weighted by Crippen LogP contribution is -2.36. The van der Waals surface area contributed by atoms with Crippen LogP contribution in [-0.4, -0.2) is 0 Å². The summed E-state index contributed by atoms with van der Waals surface area (Å²) >= 11 is 0. The molecular weight excluding hydrogens is 639 g/mol. The van der Waals surface area contributed by atoms with Crippen molar-refractivity contribution in [1.82, 2.24) is 0 Å². The van der Waals surface area contributed by atoms with E-state index in [1.165, 1.54) is 104 Å². The van der Waals surface area contributed by atoms with Crippen LogP contribution < -0.4 is 4.90 Å². The zero-order chi connectivity index (χ0) is 37.9. The Hall–Kier alpha value is -4.10. The summed E-state index contributed by atoms with van der Waals surface area (Å²) in [7, 11) is 0. The van der Waals surface area contributed by atoms with E-state index in [9.17, 15) is 0 Å². The molecule has 1 nitrogen and oxygen atoms in total. The van der Waals surface area contributed by atoms with E-state index in [0.29, 0.717) is 5.92 Å². The van der Waals surface area contributed by atoms with E-state index in [4.69, 9.17) is 0 Å².